The van der Waals surface area contributed by atoms with Gasteiger partial charge in [-0.1, -0.05) is 30.0 Å². The number of nitrogens with one attached hydrogen (secondary N) is 1. The molecular weight excluding hydrogens is 336 g/mol. The van der Waals surface area contributed by atoms with Crippen molar-refractivity contribution in [3.8, 4) is 23.3 Å². The van der Waals surface area contributed by atoms with Gasteiger partial charge < -0.3 is 14.8 Å². The predicted octanol–water partition coefficient (Wildman–Crippen LogP) is 2.72. The Hall–Kier alpha value is -3.53. The van der Waals surface area contributed by atoms with Crippen molar-refractivity contribution >= 4 is 11.6 Å². The number of aryl methyl sites for hydroxylation is 1. The van der Waals surface area contributed by atoms with Crippen molar-refractivity contribution in [3.05, 3.63) is 63.7 Å². The summed E-state index contributed by atoms with van der Waals surface area (Å²) < 4.78 is 10.6. The minimum atomic E-state index is -0.513. The van der Waals surface area contributed by atoms with Crippen molar-refractivity contribution in [2.75, 3.05) is 20.3 Å². The van der Waals surface area contributed by atoms with E-state index in [9.17, 15) is 14.9 Å². The molecule has 0 atom stereocenters. The van der Waals surface area contributed by atoms with Gasteiger partial charge in [-0.2, -0.15) is 0 Å². The molecule has 7 nitrogen and oxygen atoms in total. The Labute approximate surface area is 151 Å². The second-order valence-corrected chi connectivity index (χ2v) is 5.23. The van der Waals surface area contributed by atoms with Crippen LogP contribution in [0.3, 0.4) is 0 Å². The number of benzene rings is 2. The number of amides is 1. The third kappa shape index (κ3) is 4.98. The summed E-state index contributed by atoms with van der Waals surface area (Å²) >= 11 is 0. The van der Waals surface area contributed by atoms with Crippen LogP contribution < -0.4 is 14.8 Å². The molecule has 0 saturated heterocycles. The lowest BCUT2D eigenvalue weighted by atomic mass is 10.1. The molecule has 0 aliphatic heterocycles. The number of hydrogen-bond donors (Lipinski definition) is 1. The maximum absolute atomic E-state index is 12.0. The molecule has 2 aromatic rings. The van der Waals surface area contributed by atoms with E-state index in [1.165, 1.54) is 12.1 Å². The lowest BCUT2D eigenvalue weighted by Crippen LogP contribution is -2.23. The first-order chi connectivity index (χ1) is 12.5. The third-order valence-corrected chi connectivity index (χ3v) is 3.50. The van der Waals surface area contributed by atoms with Crippen LogP contribution in [0.1, 0.15) is 15.9 Å². The maximum Gasteiger partial charge on any atom is 0.273 e. The SMILES string of the molecule is COc1ccccc1OCC#CCNC(=O)c1ccc(C)c([N+](=O)[O-])c1. The minimum Gasteiger partial charge on any atom is -0.493 e. The zero-order valence-electron chi connectivity index (χ0n) is 14.4. The van der Waals surface area contributed by atoms with Crippen molar-refractivity contribution < 1.29 is 19.2 Å². The standard InChI is InChI=1S/C19H18N2O5/c1-14-9-10-15(13-16(14)21(23)24)19(22)20-11-5-6-12-26-18-8-4-3-7-17(18)25-2/h3-4,7-10,13H,11-12H2,1-2H3,(H,20,22). The topological polar surface area (TPSA) is 90.7 Å². The van der Waals surface area contributed by atoms with E-state index < -0.39 is 10.8 Å². The quantitative estimate of drug-likeness (QED) is 0.489. The monoisotopic (exact) mass is 354 g/mol. The summed E-state index contributed by atoms with van der Waals surface area (Å²) in [7, 11) is 1.55. The molecule has 0 spiro atoms. The first-order valence-electron chi connectivity index (χ1n) is 7.77. The van der Waals surface area contributed by atoms with Crippen LogP contribution in [0.15, 0.2) is 42.5 Å². The highest BCUT2D eigenvalue weighted by atomic mass is 16.6. The fourth-order valence-corrected chi connectivity index (χ4v) is 2.14. The normalized spacial score (nSPS) is 9.62. The lowest BCUT2D eigenvalue weighted by molar-refractivity contribution is -0.385. The van der Waals surface area contributed by atoms with Crippen molar-refractivity contribution in [1.29, 1.82) is 0 Å². The van der Waals surface area contributed by atoms with Crippen LogP contribution in [-0.2, 0) is 0 Å². The van der Waals surface area contributed by atoms with Crippen LogP contribution in [0.2, 0.25) is 0 Å². The summed E-state index contributed by atoms with van der Waals surface area (Å²) in [5.41, 5.74) is 0.628. The maximum atomic E-state index is 12.0. The molecule has 2 aromatic carbocycles. The molecule has 134 valence electrons. The van der Waals surface area contributed by atoms with E-state index in [-0.39, 0.29) is 24.4 Å². The predicted molar refractivity (Wildman–Crippen MR) is 96.4 cm³/mol. The van der Waals surface area contributed by atoms with Gasteiger partial charge in [-0.05, 0) is 25.1 Å². The van der Waals surface area contributed by atoms with Crippen molar-refractivity contribution in [2.24, 2.45) is 0 Å². The van der Waals surface area contributed by atoms with Gasteiger partial charge in [0.1, 0.15) is 6.61 Å². The molecule has 0 unspecified atom stereocenters. The van der Waals surface area contributed by atoms with Gasteiger partial charge in [-0.25, -0.2) is 0 Å². The molecule has 2 rings (SSSR count). The smallest absolute Gasteiger partial charge is 0.273 e. The summed E-state index contributed by atoms with van der Waals surface area (Å²) in [5, 5.41) is 13.5. The van der Waals surface area contributed by atoms with Crippen LogP contribution in [-0.4, -0.2) is 31.1 Å². The summed E-state index contributed by atoms with van der Waals surface area (Å²) in [6.07, 6.45) is 0. The molecule has 7 heteroatoms. The number of carbonyl (C=O) groups excluding carboxylic acids is 1. The second-order valence-electron chi connectivity index (χ2n) is 5.23. The van der Waals surface area contributed by atoms with Crippen LogP contribution in [0.4, 0.5) is 5.69 Å². The molecule has 0 heterocycles. The highest BCUT2D eigenvalue weighted by molar-refractivity contribution is 5.95. The highest BCUT2D eigenvalue weighted by Crippen LogP contribution is 2.25. The van der Waals surface area contributed by atoms with Gasteiger partial charge in [0.05, 0.1) is 18.6 Å². The fraction of sp³-hybridized carbons (Fsp3) is 0.211. The second kappa shape index (κ2) is 9.08. The Morgan fingerprint density at radius 2 is 1.92 bits per heavy atom. The van der Waals surface area contributed by atoms with E-state index in [2.05, 4.69) is 17.2 Å². The van der Waals surface area contributed by atoms with Crippen LogP contribution in [0, 0.1) is 28.9 Å². The first-order valence-corrected chi connectivity index (χ1v) is 7.77. The van der Waals surface area contributed by atoms with Gasteiger partial charge in [0.25, 0.3) is 11.6 Å². The molecule has 1 amide bonds. The third-order valence-electron chi connectivity index (χ3n) is 3.50. The summed E-state index contributed by atoms with van der Waals surface area (Å²) in [6, 6.07) is 11.5. The fourth-order valence-electron chi connectivity index (χ4n) is 2.14. The molecule has 26 heavy (non-hydrogen) atoms. The highest BCUT2D eigenvalue weighted by Gasteiger charge is 2.14. The van der Waals surface area contributed by atoms with E-state index in [0.29, 0.717) is 17.1 Å². The Morgan fingerprint density at radius 3 is 2.62 bits per heavy atom. The Kier molecular flexibility index (Phi) is 6.57. The van der Waals surface area contributed by atoms with Gasteiger partial charge in [-0.15, -0.1) is 0 Å². The van der Waals surface area contributed by atoms with Crippen LogP contribution >= 0.6 is 0 Å². The average Bonchev–Trinajstić information content (AvgIpc) is 2.64. The molecule has 0 radical (unpaired) electrons. The average molecular weight is 354 g/mol. The number of methoxy groups -OCH3 is 1. The van der Waals surface area contributed by atoms with Crippen molar-refractivity contribution in [2.45, 2.75) is 6.92 Å². The van der Waals surface area contributed by atoms with Crippen LogP contribution in [0.5, 0.6) is 11.5 Å². The summed E-state index contributed by atoms with van der Waals surface area (Å²) in [4.78, 5) is 22.4. The molecular formula is C19H18N2O5. The summed E-state index contributed by atoms with van der Waals surface area (Å²) in [6.45, 7) is 1.87. The minimum absolute atomic E-state index is 0.0889. The van der Waals surface area contributed by atoms with Gasteiger partial charge in [0, 0.05) is 17.2 Å². The molecule has 0 aliphatic rings. The molecule has 0 aromatic heterocycles. The van der Waals surface area contributed by atoms with Gasteiger partial charge in [0.2, 0.25) is 0 Å². The van der Waals surface area contributed by atoms with E-state index >= 15 is 0 Å². The van der Waals surface area contributed by atoms with Crippen LogP contribution in [0.25, 0.3) is 0 Å². The number of ether oxygens (including phenoxy) is 2. The van der Waals surface area contributed by atoms with Gasteiger partial charge in [-0.3, -0.25) is 14.9 Å². The number of nitro benzene ring substituents is 1. The summed E-state index contributed by atoms with van der Waals surface area (Å²) in [5.74, 6) is 6.32. The largest absolute Gasteiger partial charge is 0.493 e. The molecule has 0 bridgehead atoms. The zero-order chi connectivity index (χ0) is 18.9. The number of rotatable bonds is 6. The number of nitro groups is 1. The lowest BCUT2D eigenvalue weighted by Gasteiger charge is -2.07. The number of nitrogens with zero attached hydrogens (tertiary/aromatic N) is 1. The van der Waals surface area contributed by atoms with E-state index in [1.54, 1.807) is 32.2 Å². The first kappa shape index (κ1) is 18.8. The van der Waals surface area contributed by atoms with Gasteiger partial charge >= 0.3 is 0 Å². The molecule has 0 fully saturated rings. The zero-order valence-corrected chi connectivity index (χ0v) is 14.4. The Balaban J connectivity index is 1.85. The number of carbonyl (C=O) groups is 1. The Bertz CT molecular complexity index is 868. The number of para-hydroxylation sites is 2. The molecule has 0 aliphatic carbocycles. The molecule has 1 N–H and O–H groups in total. The van der Waals surface area contributed by atoms with Crippen molar-refractivity contribution in [3.63, 3.8) is 0 Å². The van der Waals surface area contributed by atoms with E-state index in [0.717, 1.165) is 0 Å². The van der Waals surface area contributed by atoms with E-state index in [4.69, 9.17) is 9.47 Å². The van der Waals surface area contributed by atoms with Gasteiger partial charge in [0.15, 0.2) is 11.5 Å². The Morgan fingerprint density at radius 1 is 1.19 bits per heavy atom. The van der Waals surface area contributed by atoms with E-state index in [1.807, 2.05) is 12.1 Å². The van der Waals surface area contributed by atoms with Crippen molar-refractivity contribution in [1.82, 2.24) is 5.32 Å². The number of hydrogen-bond acceptors (Lipinski definition) is 5. The molecule has 0 saturated carbocycles.